The lowest BCUT2D eigenvalue weighted by atomic mass is 9.89. The average molecular weight is 343 g/mol. The molecule has 0 saturated heterocycles. The summed E-state index contributed by atoms with van der Waals surface area (Å²) in [5.74, 6) is -0.225. The number of unbranched alkanes of at least 4 members (excludes halogenated alkanes) is 1. The van der Waals surface area contributed by atoms with Gasteiger partial charge in [-0.1, -0.05) is 62.9 Å². The van der Waals surface area contributed by atoms with E-state index in [1.165, 1.54) is 6.42 Å². The minimum atomic E-state index is -0.283. The van der Waals surface area contributed by atoms with E-state index in [0.29, 0.717) is 0 Å². The molecule has 25 heavy (non-hydrogen) atoms. The minimum Gasteiger partial charge on any atom is -0.347 e. The number of rotatable bonds is 8. The van der Waals surface area contributed by atoms with Crippen LogP contribution in [0.1, 0.15) is 63.9 Å². The smallest absolute Gasteiger partial charge is 0.259 e. The number of carbonyl (C=O) groups is 2. The molecule has 5 nitrogen and oxygen atoms in total. The third-order valence-electron chi connectivity index (χ3n) is 4.59. The zero-order valence-electron chi connectivity index (χ0n) is 15.1. The van der Waals surface area contributed by atoms with Crippen molar-refractivity contribution in [2.45, 2.75) is 58.3 Å². The Hall–Kier alpha value is -2.17. The van der Waals surface area contributed by atoms with Gasteiger partial charge in [0.2, 0.25) is 5.91 Å². The molecule has 1 aliphatic rings. The number of carbonyl (C=O) groups excluding carboxylic acids is 2. The molecule has 1 aliphatic carbocycles. The van der Waals surface area contributed by atoms with Crippen LogP contribution in [-0.2, 0) is 9.59 Å². The Morgan fingerprint density at radius 3 is 2.52 bits per heavy atom. The molecule has 1 saturated carbocycles. The lowest BCUT2D eigenvalue weighted by molar-refractivity contribution is -0.129. The first-order valence-electron chi connectivity index (χ1n) is 9.39. The first-order chi connectivity index (χ1) is 12.2. The van der Waals surface area contributed by atoms with E-state index < -0.39 is 0 Å². The largest absolute Gasteiger partial charge is 0.347 e. The molecule has 2 amide bonds. The monoisotopic (exact) mass is 343 g/mol. The molecule has 5 heteroatoms. The van der Waals surface area contributed by atoms with Gasteiger partial charge in [0.25, 0.3) is 5.91 Å². The maximum Gasteiger partial charge on any atom is 0.259 e. The number of amides is 2. The van der Waals surface area contributed by atoms with Gasteiger partial charge >= 0.3 is 0 Å². The van der Waals surface area contributed by atoms with Gasteiger partial charge < -0.3 is 5.32 Å². The van der Waals surface area contributed by atoms with E-state index in [4.69, 9.17) is 0 Å². The summed E-state index contributed by atoms with van der Waals surface area (Å²) in [4.78, 5) is 24.1. The Balaban J connectivity index is 1.84. The molecular formula is C20H29N3O2. The van der Waals surface area contributed by atoms with Gasteiger partial charge in [-0.15, -0.1) is 0 Å². The van der Waals surface area contributed by atoms with Crippen LogP contribution in [0.3, 0.4) is 0 Å². The second-order valence-electron chi connectivity index (χ2n) is 6.62. The van der Waals surface area contributed by atoms with E-state index >= 15 is 0 Å². The van der Waals surface area contributed by atoms with Gasteiger partial charge in [0.15, 0.2) is 0 Å². The van der Waals surface area contributed by atoms with E-state index in [1.54, 1.807) is 0 Å². The highest BCUT2D eigenvalue weighted by molar-refractivity contribution is 6.01. The van der Waals surface area contributed by atoms with Crippen molar-refractivity contribution in [1.82, 2.24) is 10.7 Å². The molecule has 0 atom stereocenters. The van der Waals surface area contributed by atoms with E-state index in [-0.39, 0.29) is 24.3 Å². The van der Waals surface area contributed by atoms with Crippen LogP contribution in [-0.4, -0.2) is 24.1 Å². The van der Waals surface area contributed by atoms with Crippen LogP contribution in [0.2, 0.25) is 0 Å². The number of hydrogen-bond acceptors (Lipinski definition) is 3. The third kappa shape index (κ3) is 6.69. The standard InChI is InChI=1S/C20H29N3O2/c1-2-3-14-18(16-10-6-4-7-11-16)22-23-19(24)15-21-20(25)17-12-8-5-9-13-17/h4,6-7,10-11,17H,2-3,5,8-9,12-15H2,1H3,(H,21,25)(H,23,24). The van der Waals surface area contributed by atoms with Crippen LogP contribution in [0.15, 0.2) is 35.4 Å². The van der Waals surface area contributed by atoms with Crippen LogP contribution in [0.25, 0.3) is 0 Å². The summed E-state index contributed by atoms with van der Waals surface area (Å²) in [6.07, 6.45) is 8.17. The molecule has 1 aromatic carbocycles. The number of nitrogens with zero attached hydrogens (tertiary/aromatic N) is 1. The molecule has 136 valence electrons. The summed E-state index contributed by atoms with van der Waals surface area (Å²) in [5, 5.41) is 7.03. The molecule has 2 N–H and O–H groups in total. The fourth-order valence-corrected chi connectivity index (χ4v) is 3.09. The third-order valence-corrected chi connectivity index (χ3v) is 4.59. The highest BCUT2D eigenvalue weighted by Gasteiger charge is 2.21. The van der Waals surface area contributed by atoms with Crippen molar-refractivity contribution in [2.75, 3.05) is 6.54 Å². The van der Waals surface area contributed by atoms with Gasteiger partial charge in [-0.3, -0.25) is 9.59 Å². The summed E-state index contributed by atoms with van der Waals surface area (Å²) in [6.45, 7) is 2.11. The second-order valence-corrected chi connectivity index (χ2v) is 6.62. The quantitative estimate of drug-likeness (QED) is 0.561. The summed E-state index contributed by atoms with van der Waals surface area (Å²) in [6, 6.07) is 9.86. The molecule has 1 aromatic rings. The molecule has 0 spiro atoms. The first kappa shape index (κ1) is 19.2. The zero-order chi connectivity index (χ0) is 17.9. The fourth-order valence-electron chi connectivity index (χ4n) is 3.09. The van der Waals surface area contributed by atoms with Crippen LogP contribution in [0, 0.1) is 5.92 Å². The maximum atomic E-state index is 12.1. The van der Waals surface area contributed by atoms with E-state index in [0.717, 1.165) is 56.2 Å². The van der Waals surface area contributed by atoms with Gasteiger partial charge in [-0.05, 0) is 31.2 Å². The zero-order valence-corrected chi connectivity index (χ0v) is 15.1. The number of hydrazone groups is 1. The number of benzene rings is 1. The topological polar surface area (TPSA) is 70.6 Å². The summed E-state index contributed by atoms with van der Waals surface area (Å²) >= 11 is 0. The number of nitrogens with one attached hydrogen (secondary N) is 2. The Morgan fingerprint density at radius 2 is 1.84 bits per heavy atom. The predicted molar refractivity (Wildman–Crippen MR) is 100 cm³/mol. The lowest BCUT2D eigenvalue weighted by Crippen LogP contribution is -2.39. The molecule has 0 aliphatic heterocycles. The highest BCUT2D eigenvalue weighted by atomic mass is 16.2. The van der Waals surface area contributed by atoms with E-state index in [1.807, 2.05) is 30.3 Å². The number of hydrogen-bond donors (Lipinski definition) is 2. The van der Waals surface area contributed by atoms with Crippen molar-refractivity contribution in [1.29, 1.82) is 0 Å². The molecule has 0 radical (unpaired) electrons. The average Bonchev–Trinajstić information content (AvgIpc) is 2.67. The molecule has 0 unspecified atom stereocenters. The molecule has 0 aromatic heterocycles. The van der Waals surface area contributed by atoms with E-state index in [2.05, 4.69) is 22.8 Å². The Kier molecular flexibility index (Phi) is 8.16. The molecular weight excluding hydrogens is 314 g/mol. The Morgan fingerprint density at radius 1 is 1.12 bits per heavy atom. The van der Waals surface area contributed by atoms with Crippen molar-refractivity contribution in [2.24, 2.45) is 11.0 Å². The SMILES string of the molecule is CCCCC(=NNC(=O)CNC(=O)C1CCCCC1)c1ccccc1. The molecule has 1 fully saturated rings. The van der Waals surface area contributed by atoms with Crippen molar-refractivity contribution in [3.8, 4) is 0 Å². The molecule has 0 bridgehead atoms. The molecule has 0 heterocycles. The normalized spacial score (nSPS) is 15.6. The van der Waals surface area contributed by atoms with Crippen LogP contribution >= 0.6 is 0 Å². The first-order valence-corrected chi connectivity index (χ1v) is 9.39. The second kappa shape index (κ2) is 10.6. The van der Waals surface area contributed by atoms with Gasteiger partial charge in [0.05, 0.1) is 12.3 Å². The fraction of sp³-hybridized carbons (Fsp3) is 0.550. The van der Waals surface area contributed by atoms with Gasteiger partial charge in [0, 0.05) is 5.92 Å². The van der Waals surface area contributed by atoms with E-state index in [9.17, 15) is 9.59 Å². The molecule has 2 rings (SSSR count). The predicted octanol–water partition coefficient (Wildman–Crippen LogP) is 3.39. The Bertz CT molecular complexity index is 578. The highest BCUT2D eigenvalue weighted by Crippen LogP contribution is 2.23. The van der Waals surface area contributed by atoms with Crippen LogP contribution in [0.5, 0.6) is 0 Å². The summed E-state index contributed by atoms with van der Waals surface area (Å²) < 4.78 is 0. The Labute approximate surface area is 150 Å². The van der Waals surface area contributed by atoms with Gasteiger partial charge in [-0.25, -0.2) is 5.43 Å². The van der Waals surface area contributed by atoms with Crippen LogP contribution in [0.4, 0.5) is 0 Å². The van der Waals surface area contributed by atoms with Crippen molar-refractivity contribution < 1.29 is 9.59 Å². The van der Waals surface area contributed by atoms with Gasteiger partial charge in [0.1, 0.15) is 0 Å². The van der Waals surface area contributed by atoms with Gasteiger partial charge in [-0.2, -0.15) is 5.10 Å². The van der Waals surface area contributed by atoms with Crippen molar-refractivity contribution >= 4 is 17.5 Å². The maximum absolute atomic E-state index is 12.1. The van der Waals surface area contributed by atoms with Crippen molar-refractivity contribution in [3.05, 3.63) is 35.9 Å². The lowest BCUT2D eigenvalue weighted by Gasteiger charge is -2.20. The van der Waals surface area contributed by atoms with Crippen molar-refractivity contribution in [3.63, 3.8) is 0 Å². The van der Waals surface area contributed by atoms with Crippen LogP contribution < -0.4 is 10.7 Å². The minimum absolute atomic E-state index is 0.00639. The summed E-state index contributed by atoms with van der Waals surface area (Å²) in [7, 11) is 0. The summed E-state index contributed by atoms with van der Waals surface area (Å²) in [5.41, 5.74) is 4.47.